The Kier molecular flexibility index (Phi) is 9.44. The lowest BCUT2D eigenvalue weighted by Crippen LogP contribution is -2.52. The van der Waals surface area contributed by atoms with Crippen LogP contribution in [0.3, 0.4) is 0 Å². The van der Waals surface area contributed by atoms with E-state index in [1.165, 1.54) is 35.4 Å². The van der Waals surface area contributed by atoms with Crippen LogP contribution in [0.1, 0.15) is 25.3 Å². The summed E-state index contributed by atoms with van der Waals surface area (Å²) in [4.78, 5) is 19.0. The van der Waals surface area contributed by atoms with Crippen LogP contribution in [-0.2, 0) is 11.0 Å². The first-order valence-electron chi connectivity index (χ1n) is 15.1. The summed E-state index contributed by atoms with van der Waals surface area (Å²) >= 11 is 5.13. The van der Waals surface area contributed by atoms with Gasteiger partial charge in [-0.3, -0.25) is 4.90 Å². The maximum Gasteiger partial charge on any atom is 0.229 e. The molecule has 0 aliphatic carbocycles. The first kappa shape index (κ1) is 31.2. The Bertz CT molecular complexity index is 1680. The molecule has 2 fully saturated rings. The standard InChI is InChI=1S/C31H40BrN8O2PS/c1-5-20-16-24(26(42-2)17-25(20)40-12-8-21(9-13-40)39-14-10-33-11-15-39)37-31-34-18-22(32)30(38-31)36-23-6-7-27-28(35-19-44-27)29(23)43(3,4)41/h6-7,16-19,21,33H,5,8-15H2,1-4H3,(H2,34,36,37,38). The summed E-state index contributed by atoms with van der Waals surface area (Å²) < 4.78 is 20.9. The van der Waals surface area contributed by atoms with E-state index in [-0.39, 0.29) is 0 Å². The zero-order valence-electron chi connectivity index (χ0n) is 25.7. The normalized spacial score (nSPS) is 16.8. The maximum absolute atomic E-state index is 13.3. The van der Waals surface area contributed by atoms with Gasteiger partial charge in [-0.05, 0) is 72.3 Å². The van der Waals surface area contributed by atoms with E-state index in [0.717, 1.165) is 78.3 Å². The minimum Gasteiger partial charge on any atom is -0.494 e. The zero-order valence-corrected chi connectivity index (χ0v) is 29.0. The molecule has 2 aromatic heterocycles. The highest BCUT2D eigenvalue weighted by molar-refractivity contribution is 9.10. The highest BCUT2D eigenvalue weighted by Gasteiger charge is 2.27. The number of fused-ring (bicyclic) bond motifs is 1. The Labute approximate surface area is 271 Å². The summed E-state index contributed by atoms with van der Waals surface area (Å²) in [6.45, 7) is 12.3. The zero-order chi connectivity index (χ0) is 30.8. The third-order valence-electron chi connectivity index (χ3n) is 8.51. The van der Waals surface area contributed by atoms with Gasteiger partial charge >= 0.3 is 0 Å². The molecule has 44 heavy (non-hydrogen) atoms. The molecule has 0 bridgehead atoms. The van der Waals surface area contributed by atoms with Crippen molar-refractivity contribution in [1.29, 1.82) is 0 Å². The summed E-state index contributed by atoms with van der Waals surface area (Å²) in [6.07, 6.45) is 4.96. The fraction of sp³-hybridized carbons (Fsp3) is 0.452. The van der Waals surface area contributed by atoms with E-state index in [0.29, 0.717) is 22.3 Å². The monoisotopic (exact) mass is 698 g/mol. The predicted molar refractivity (Wildman–Crippen MR) is 187 cm³/mol. The lowest BCUT2D eigenvalue weighted by molar-refractivity contribution is 0.150. The van der Waals surface area contributed by atoms with Crippen LogP contribution in [-0.4, -0.2) is 85.6 Å². The van der Waals surface area contributed by atoms with Crippen LogP contribution >= 0.6 is 34.4 Å². The number of nitrogens with one attached hydrogen (secondary N) is 3. The minimum atomic E-state index is -2.65. The second-order valence-corrected chi connectivity index (χ2v) is 16.6. The Hall–Kier alpha value is -2.76. The molecule has 6 rings (SSSR count). The number of halogens is 1. The lowest BCUT2D eigenvalue weighted by Gasteiger charge is -2.41. The molecular weight excluding hydrogens is 659 g/mol. The van der Waals surface area contributed by atoms with Crippen LogP contribution in [0.15, 0.2) is 40.4 Å². The van der Waals surface area contributed by atoms with E-state index in [1.807, 2.05) is 12.1 Å². The van der Waals surface area contributed by atoms with Crippen molar-refractivity contribution in [3.63, 3.8) is 0 Å². The number of aromatic nitrogens is 3. The van der Waals surface area contributed by atoms with Crippen molar-refractivity contribution >= 4 is 78.8 Å². The molecular formula is C31H40BrN8O2PS. The van der Waals surface area contributed by atoms with E-state index in [4.69, 9.17) is 9.72 Å². The summed E-state index contributed by atoms with van der Waals surface area (Å²) in [7, 11) is -0.952. The molecule has 0 amide bonds. The number of aryl methyl sites for hydroxylation is 1. The molecule has 234 valence electrons. The number of benzene rings is 2. The number of anilines is 5. The Morgan fingerprint density at radius 1 is 1.09 bits per heavy atom. The summed E-state index contributed by atoms with van der Waals surface area (Å²) in [5, 5.41) is 11.0. The topological polar surface area (TPSA) is 108 Å². The van der Waals surface area contributed by atoms with E-state index in [9.17, 15) is 4.57 Å². The second-order valence-electron chi connectivity index (χ2n) is 11.7. The van der Waals surface area contributed by atoms with Crippen LogP contribution in [0.4, 0.5) is 28.8 Å². The molecule has 3 N–H and O–H groups in total. The molecule has 0 radical (unpaired) electrons. The number of ether oxygens (including phenoxy) is 1. The maximum atomic E-state index is 13.3. The molecule has 0 saturated carbocycles. The first-order chi connectivity index (χ1) is 21.2. The predicted octanol–water partition coefficient (Wildman–Crippen LogP) is 6.03. The van der Waals surface area contributed by atoms with Gasteiger partial charge < -0.3 is 30.2 Å². The van der Waals surface area contributed by atoms with E-state index >= 15 is 0 Å². The lowest BCUT2D eigenvalue weighted by atomic mass is 9.99. The van der Waals surface area contributed by atoms with Crippen LogP contribution in [0.2, 0.25) is 0 Å². The number of piperazine rings is 1. The van der Waals surface area contributed by atoms with Gasteiger partial charge in [0.15, 0.2) is 0 Å². The number of methoxy groups -OCH3 is 1. The first-order valence-corrected chi connectivity index (χ1v) is 19.4. The Morgan fingerprint density at radius 3 is 2.57 bits per heavy atom. The van der Waals surface area contributed by atoms with E-state index < -0.39 is 7.14 Å². The molecule has 0 atom stereocenters. The van der Waals surface area contributed by atoms with Crippen LogP contribution < -0.4 is 30.9 Å². The molecule has 0 unspecified atom stereocenters. The molecule has 13 heteroatoms. The van der Waals surface area contributed by atoms with Gasteiger partial charge in [0.2, 0.25) is 5.95 Å². The van der Waals surface area contributed by atoms with Gasteiger partial charge in [-0.25, -0.2) is 9.97 Å². The van der Waals surface area contributed by atoms with Crippen molar-refractivity contribution < 1.29 is 9.30 Å². The Balaban J connectivity index is 1.23. The van der Waals surface area contributed by atoms with E-state index in [2.05, 4.69) is 70.7 Å². The minimum absolute atomic E-state index is 0.424. The molecule has 0 spiro atoms. The summed E-state index contributed by atoms with van der Waals surface area (Å²) in [6, 6.07) is 8.92. The Morgan fingerprint density at radius 2 is 1.86 bits per heavy atom. The number of hydrogen-bond donors (Lipinski definition) is 3. The second kappa shape index (κ2) is 13.3. The molecule has 2 aliphatic rings. The highest BCUT2D eigenvalue weighted by atomic mass is 79.9. The van der Waals surface area contributed by atoms with Crippen LogP contribution in [0.25, 0.3) is 10.2 Å². The molecule has 2 saturated heterocycles. The van der Waals surface area contributed by atoms with Gasteiger partial charge in [-0.1, -0.05) is 6.92 Å². The van der Waals surface area contributed by atoms with Gasteiger partial charge in [0.1, 0.15) is 18.7 Å². The SMILES string of the molecule is CCc1cc(Nc2ncc(Br)c(Nc3ccc4scnc4c3P(C)(C)=O)n2)c(OC)cc1N1CCC(N2CCNCC2)CC1. The van der Waals surface area contributed by atoms with Crippen molar-refractivity contribution in [3.8, 4) is 5.75 Å². The third kappa shape index (κ3) is 6.60. The van der Waals surface area contributed by atoms with Gasteiger partial charge in [0, 0.05) is 63.3 Å². The number of nitrogens with zero attached hydrogens (tertiary/aromatic N) is 5. The van der Waals surface area contributed by atoms with Crippen molar-refractivity contribution in [2.75, 3.05) is 75.2 Å². The third-order valence-corrected chi connectivity index (χ3v) is 11.4. The number of rotatable bonds is 9. The molecule has 2 aliphatic heterocycles. The van der Waals surface area contributed by atoms with Crippen LogP contribution in [0, 0.1) is 0 Å². The largest absolute Gasteiger partial charge is 0.494 e. The van der Waals surface area contributed by atoms with Crippen molar-refractivity contribution in [2.45, 2.75) is 32.2 Å². The smallest absolute Gasteiger partial charge is 0.229 e. The molecule has 4 aromatic rings. The van der Waals surface area contributed by atoms with Crippen molar-refractivity contribution in [1.82, 2.24) is 25.2 Å². The molecule has 10 nitrogen and oxygen atoms in total. The van der Waals surface area contributed by atoms with Gasteiger partial charge in [-0.15, -0.1) is 11.3 Å². The number of hydrogen-bond acceptors (Lipinski definition) is 11. The van der Waals surface area contributed by atoms with Gasteiger partial charge in [-0.2, -0.15) is 4.98 Å². The summed E-state index contributed by atoms with van der Waals surface area (Å²) in [5.41, 5.74) is 6.58. The van der Waals surface area contributed by atoms with Gasteiger partial charge in [0.05, 0.1) is 44.0 Å². The number of piperidine rings is 1. The quantitative estimate of drug-likeness (QED) is 0.180. The van der Waals surface area contributed by atoms with E-state index in [1.54, 1.807) is 32.1 Å². The number of thiazole rings is 1. The highest BCUT2D eigenvalue weighted by Crippen LogP contribution is 2.42. The van der Waals surface area contributed by atoms with Crippen molar-refractivity contribution in [2.24, 2.45) is 0 Å². The fourth-order valence-electron chi connectivity index (χ4n) is 6.30. The summed E-state index contributed by atoms with van der Waals surface area (Å²) in [5.74, 6) is 1.73. The average Bonchev–Trinajstić information content (AvgIpc) is 3.51. The van der Waals surface area contributed by atoms with Crippen LogP contribution in [0.5, 0.6) is 5.75 Å². The average molecular weight is 700 g/mol. The molecule has 4 heterocycles. The molecule has 2 aromatic carbocycles. The fourth-order valence-corrected chi connectivity index (χ4v) is 8.75. The van der Waals surface area contributed by atoms with Crippen molar-refractivity contribution in [3.05, 3.63) is 46.0 Å². The van der Waals surface area contributed by atoms with Gasteiger partial charge in [0.25, 0.3) is 0 Å².